The lowest BCUT2D eigenvalue weighted by atomic mass is 9.88. The second kappa shape index (κ2) is 7.24. The van der Waals surface area contributed by atoms with Gasteiger partial charge in [-0.1, -0.05) is 29.8 Å². The highest BCUT2D eigenvalue weighted by Gasteiger charge is 2.27. The van der Waals surface area contributed by atoms with Gasteiger partial charge in [0.05, 0.1) is 19.0 Å². The minimum atomic E-state index is 0.501. The van der Waals surface area contributed by atoms with Crippen LogP contribution in [0.1, 0.15) is 43.0 Å². The van der Waals surface area contributed by atoms with Crippen molar-refractivity contribution in [2.75, 3.05) is 25.1 Å². The van der Waals surface area contributed by atoms with Crippen molar-refractivity contribution in [3.8, 4) is 5.75 Å². The SMILES string of the molecule is COc1ccccc1C1CCN(c2cnn3c(CC4CC4)nnc3c2Cl)CC1. The summed E-state index contributed by atoms with van der Waals surface area (Å²) in [5.41, 5.74) is 2.92. The maximum atomic E-state index is 6.72. The minimum Gasteiger partial charge on any atom is -0.496 e. The highest BCUT2D eigenvalue weighted by Crippen LogP contribution is 2.38. The summed E-state index contributed by atoms with van der Waals surface area (Å²) in [7, 11) is 1.74. The third-order valence-corrected chi connectivity index (χ3v) is 6.37. The van der Waals surface area contributed by atoms with E-state index in [1.165, 1.54) is 18.4 Å². The number of rotatable bonds is 5. The largest absolute Gasteiger partial charge is 0.496 e. The van der Waals surface area contributed by atoms with E-state index in [1.54, 1.807) is 7.11 Å². The Morgan fingerprint density at radius 1 is 1.11 bits per heavy atom. The van der Waals surface area contributed by atoms with E-state index < -0.39 is 0 Å². The molecule has 3 aromatic rings. The van der Waals surface area contributed by atoms with Crippen molar-refractivity contribution in [3.63, 3.8) is 0 Å². The summed E-state index contributed by atoms with van der Waals surface area (Å²) in [6.45, 7) is 1.87. The summed E-state index contributed by atoms with van der Waals surface area (Å²) in [5.74, 6) is 3.14. The second-order valence-corrected chi connectivity index (χ2v) is 8.22. The zero-order valence-corrected chi connectivity index (χ0v) is 16.8. The molecule has 28 heavy (non-hydrogen) atoms. The molecule has 0 amide bonds. The van der Waals surface area contributed by atoms with Crippen LogP contribution in [0.25, 0.3) is 5.65 Å². The Labute approximate surface area is 169 Å². The molecule has 3 heterocycles. The predicted molar refractivity (Wildman–Crippen MR) is 109 cm³/mol. The summed E-state index contributed by atoms with van der Waals surface area (Å²) in [6.07, 6.45) is 7.49. The lowest BCUT2D eigenvalue weighted by Gasteiger charge is -2.34. The first-order chi connectivity index (χ1) is 13.7. The molecule has 1 saturated carbocycles. The zero-order valence-electron chi connectivity index (χ0n) is 16.0. The highest BCUT2D eigenvalue weighted by molar-refractivity contribution is 6.36. The smallest absolute Gasteiger partial charge is 0.198 e. The van der Waals surface area contributed by atoms with Crippen molar-refractivity contribution in [2.24, 2.45) is 5.92 Å². The number of hydrogen-bond donors (Lipinski definition) is 0. The Kier molecular flexibility index (Phi) is 4.59. The van der Waals surface area contributed by atoms with E-state index in [-0.39, 0.29) is 0 Å². The van der Waals surface area contributed by atoms with Gasteiger partial charge in [-0.05, 0) is 49.1 Å². The van der Waals surface area contributed by atoms with E-state index >= 15 is 0 Å². The Balaban J connectivity index is 1.34. The monoisotopic (exact) mass is 397 g/mol. The van der Waals surface area contributed by atoms with Crippen LogP contribution >= 0.6 is 11.6 Å². The van der Waals surface area contributed by atoms with Gasteiger partial charge >= 0.3 is 0 Å². The Bertz CT molecular complexity index is 992. The number of piperidine rings is 1. The lowest BCUT2D eigenvalue weighted by molar-refractivity contribution is 0.397. The molecular weight excluding hydrogens is 374 g/mol. The molecule has 2 aliphatic rings. The summed E-state index contributed by atoms with van der Waals surface area (Å²) in [5, 5.41) is 13.9. The number of halogens is 1. The van der Waals surface area contributed by atoms with E-state index in [9.17, 15) is 0 Å². The zero-order chi connectivity index (χ0) is 19.1. The molecule has 2 aromatic heterocycles. The lowest BCUT2D eigenvalue weighted by Crippen LogP contribution is -2.33. The Morgan fingerprint density at radius 3 is 2.64 bits per heavy atom. The second-order valence-electron chi connectivity index (χ2n) is 7.85. The van der Waals surface area contributed by atoms with Crippen LogP contribution in [0.2, 0.25) is 5.02 Å². The van der Waals surface area contributed by atoms with Crippen molar-refractivity contribution < 1.29 is 4.74 Å². The molecule has 5 rings (SSSR count). The standard InChI is InChI=1S/C21H24ClN5O/c1-28-18-5-3-2-4-16(18)15-8-10-26(11-9-15)17-13-23-27-19(12-14-6-7-14)24-25-21(27)20(17)22/h2-5,13-15H,6-12H2,1H3. The molecule has 1 aliphatic carbocycles. The highest BCUT2D eigenvalue weighted by atomic mass is 35.5. The van der Waals surface area contributed by atoms with Crippen LogP contribution in [0, 0.1) is 5.92 Å². The fourth-order valence-electron chi connectivity index (χ4n) is 4.22. The van der Waals surface area contributed by atoms with Crippen molar-refractivity contribution in [1.82, 2.24) is 19.8 Å². The number of fused-ring (bicyclic) bond motifs is 1. The number of anilines is 1. The van der Waals surface area contributed by atoms with Crippen LogP contribution in [0.15, 0.2) is 30.5 Å². The van der Waals surface area contributed by atoms with E-state index in [4.69, 9.17) is 16.3 Å². The summed E-state index contributed by atoms with van der Waals surface area (Å²) >= 11 is 6.72. The number of hydrogen-bond acceptors (Lipinski definition) is 5. The minimum absolute atomic E-state index is 0.501. The molecule has 0 unspecified atom stereocenters. The average molecular weight is 398 g/mol. The fraction of sp³-hybridized carbons (Fsp3) is 0.476. The third kappa shape index (κ3) is 3.20. The fourth-order valence-corrected chi connectivity index (χ4v) is 4.50. The molecular formula is C21H24ClN5O. The number of para-hydroxylation sites is 1. The van der Waals surface area contributed by atoms with Crippen molar-refractivity contribution in [2.45, 2.75) is 38.0 Å². The molecule has 0 bridgehead atoms. The topological polar surface area (TPSA) is 55.5 Å². The van der Waals surface area contributed by atoms with E-state index in [0.717, 1.165) is 55.5 Å². The summed E-state index contributed by atoms with van der Waals surface area (Å²) in [4.78, 5) is 2.32. The summed E-state index contributed by atoms with van der Waals surface area (Å²) < 4.78 is 7.36. The molecule has 2 fully saturated rings. The normalized spacial score (nSPS) is 18.0. The average Bonchev–Trinajstić information content (AvgIpc) is 3.47. The molecule has 0 N–H and O–H groups in total. The molecule has 1 aliphatic heterocycles. The maximum Gasteiger partial charge on any atom is 0.198 e. The van der Waals surface area contributed by atoms with Crippen molar-refractivity contribution >= 4 is 22.9 Å². The van der Waals surface area contributed by atoms with Gasteiger partial charge in [0.1, 0.15) is 10.8 Å². The van der Waals surface area contributed by atoms with Crippen molar-refractivity contribution in [1.29, 1.82) is 0 Å². The van der Waals surface area contributed by atoms with Crippen LogP contribution in [0.5, 0.6) is 5.75 Å². The molecule has 0 radical (unpaired) electrons. The van der Waals surface area contributed by atoms with Gasteiger partial charge in [-0.3, -0.25) is 0 Å². The van der Waals surface area contributed by atoms with E-state index in [2.05, 4.69) is 32.3 Å². The van der Waals surface area contributed by atoms with Gasteiger partial charge < -0.3 is 9.64 Å². The summed E-state index contributed by atoms with van der Waals surface area (Å²) in [6, 6.07) is 8.33. The van der Waals surface area contributed by atoms with Crippen molar-refractivity contribution in [3.05, 3.63) is 46.9 Å². The van der Waals surface area contributed by atoms with Crippen LogP contribution < -0.4 is 9.64 Å². The first kappa shape index (κ1) is 17.7. The van der Waals surface area contributed by atoms with Crippen LogP contribution in [-0.4, -0.2) is 40.0 Å². The number of ether oxygens (including phenoxy) is 1. The molecule has 7 heteroatoms. The Morgan fingerprint density at radius 2 is 1.89 bits per heavy atom. The number of benzene rings is 1. The Hall–Kier alpha value is -2.34. The quantitative estimate of drug-likeness (QED) is 0.648. The molecule has 6 nitrogen and oxygen atoms in total. The van der Waals surface area contributed by atoms with E-state index in [1.807, 2.05) is 22.8 Å². The van der Waals surface area contributed by atoms with E-state index in [0.29, 0.717) is 16.6 Å². The van der Waals surface area contributed by atoms with Gasteiger partial charge in [-0.15, -0.1) is 10.2 Å². The first-order valence-corrected chi connectivity index (χ1v) is 10.4. The predicted octanol–water partition coefficient (Wildman–Crippen LogP) is 4.12. The molecule has 0 atom stereocenters. The maximum absolute atomic E-state index is 6.72. The van der Waals surface area contributed by atoms with Gasteiger partial charge in [0.2, 0.25) is 0 Å². The van der Waals surface area contributed by atoms with Crippen LogP contribution in [0.3, 0.4) is 0 Å². The number of methoxy groups -OCH3 is 1. The third-order valence-electron chi connectivity index (χ3n) is 6.00. The van der Waals surface area contributed by atoms with Gasteiger partial charge in [-0.2, -0.15) is 9.61 Å². The molecule has 1 aromatic carbocycles. The van der Waals surface area contributed by atoms with Crippen LogP contribution in [0.4, 0.5) is 5.69 Å². The molecule has 0 spiro atoms. The number of nitrogens with zero attached hydrogens (tertiary/aromatic N) is 5. The van der Waals surface area contributed by atoms with Gasteiger partial charge in [0, 0.05) is 19.5 Å². The van der Waals surface area contributed by atoms with Gasteiger partial charge in [0.25, 0.3) is 0 Å². The van der Waals surface area contributed by atoms with Crippen LogP contribution in [-0.2, 0) is 6.42 Å². The van der Waals surface area contributed by atoms with Gasteiger partial charge in [0.15, 0.2) is 11.5 Å². The van der Waals surface area contributed by atoms with Gasteiger partial charge in [-0.25, -0.2) is 0 Å². The molecule has 1 saturated heterocycles. The molecule has 146 valence electrons. The number of aromatic nitrogens is 4. The first-order valence-electron chi connectivity index (χ1n) is 10.0.